The van der Waals surface area contributed by atoms with Gasteiger partial charge in [0.05, 0.1) is 0 Å². The molecule has 2 aromatic heterocycles. The van der Waals surface area contributed by atoms with E-state index in [-0.39, 0.29) is 0 Å². The van der Waals surface area contributed by atoms with Gasteiger partial charge in [0, 0.05) is 30.8 Å². The smallest absolute Gasteiger partial charge is 0.0473 e. The maximum absolute atomic E-state index is 3.99. The Labute approximate surface area is 77.9 Å². The number of pyridine rings is 1. The van der Waals surface area contributed by atoms with Crippen LogP contribution in [0.2, 0.25) is 0 Å². The molecule has 2 heterocycles. The van der Waals surface area contributed by atoms with Crippen molar-refractivity contribution in [1.82, 2.24) is 9.55 Å². The summed E-state index contributed by atoms with van der Waals surface area (Å²) < 4.78 is 2.22. The number of aryl methyl sites for hydroxylation is 1. The van der Waals surface area contributed by atoms with Gasteiger partial charge in [0.2, 0.25) is 0 Å². The molecule has 13 heavy (non-hydrogen) atoms. The summed E-state index contributed by atoms with van der Waals surface area (Å²) in [5.74, 6) is 0. The summed E-state index contributed by atoms with van der Waals surface area (Å²) in [6, 6.07) is 8.26. The highest BCUT2D eigenvalue weighted by atomic mass is 15.0. The summed E-state index contributed by atoms with van der Waals surface area (Å²) in [7, 11) is 0. The van der Waals surface area contributed by atoms with Crippen molar-refractivity contribution in [2.75, 3.05) is 0 Å². The molecular weight excluding hydrogens is 160 g/mol. The third-order valence-corrected chi connectivity index (χ3v) is 2.16. The van der Waals surface area contributed by atoms with E-state index in [2.05, 4.69) is 34.8 Å². The van der Waals surface area contributed by atoms with Crippen LogP contribution in [0.1, 0.15) is 11.3 Å². The van der Waals surface area contributed by atoms with Crippen molar-refractivity contribution < 1.29 is 0 Å². The Morgan fingerprint density at radius 1 is 1.23 bits per heavy atom. The van der Waals surface area contributed by atoms with Crippen LogP contribution in [0.25, 0.3) is 0 Å². The summed E-state index contributed by atoms with van der Waals surface area (Å²) in [4.78, 5) is 3.99. The highest BCUT2D eigenvalue weighted by molar-refractivity contribution is 5.13. The lowest BCUT2D eigenvalue weighted by molar-refractivity contribution is 0.775. The molecule has 0 spiro atoms. The van der Waals surface area contributed by atoms with E-state index in [1.165, 1.54) is 11.3 Å². The minimum Gasteiger partial charge on any atom is -0.347 e. The summed E-state index contributed by atoms with van der Waals surface area (Å²) in [6.07, 6.45) is 5.75. The van der Waals surface area contributed by atoms with Gasteiger partial charge in [-0.2, -0.15) is 0 Å². The number of nitrogens with zero attached hydrogens (tertiary/aromatic N) is 2. The molecule has 0 saturated carbocycles. The van der Waals surface area contributed by atoms with E-state index < -0.39 is 0 Å². The monoisotopic (exact) mass is 172 g/mol. The quantitative estimate of drug-likeness (QED) is 0.679. The normalized spacial score (nSPS) is 10.2. The molecule has 0 amide bonds. The lowest BCUT2D eigenvalue weighted by atomic mass is 10.2. The molecule has 2 aromatic rings. The van der Waals surface area contributed by atoms with E-state index >= 15 is 0 Å². The Morgan fingerprint density at radius 3 is 2.62 bits per heavy atom. The third kappa shape index (κ3) is 1.78. The topological polar surface area (TPSA) is 17.8 Å². The van der Waals surface area contributed by atoms with Gasteiger partial charge in [-0.25, -0.2) is 0 Å². The number of aromatic nitrogens is 2. The van der Waals surface area contributed by atoms with E-state index in [1.807, 2.05) is 24.5 Å². The molecule has 0 atom stereocenters. The van der Waals surface area contributed by atoms with Gasteiger partial charge in [0.25, 0.3) is 0 Å². The molecule has 0 radical (unpaired) electrons. The van der Waals surface area contributed by atoms with Gasteiger partial charge in [-0.15, -0.1) is 0 Å². The van der Waals surface area contributed by atoms with Gasteiger partial charge in [0.1, 0.15) is 0 Å². The molecule has 0 aliphatic heterocycles. The van der Waals surface area contributed by atoms with Crippen LogP contribution >= 0.6 is 0 Å². The summed E-state index contributed by atoms with van der Waals surface area (Å²) in [6.45, 7) is 3.04. The second-order valence-electron chi connectivity index (χ2n) is 3.13. The Morgan fingerprint density at radius 2 is 2.00 bits per heavy atom. The number of hydrogen-bond donors (Lipinski definition) is 0. The van der Waals surface area contributed by atoms with Crippen LogP contribution in [0.5, 0.6) is 0 Å². The van der Waals surface area contributed by atoms with Crippen molar-refractivity contribution in [3.05, 3.63) is 54.1 Å². The predicted molar refractivity (Wildman–Crippen MR) is 52.5 cm³/mol. The molecule has 2 nitrogen and oxygen atoms in total. The summed E-state index contributed by atoms with van der Waals surface area (Å²) in [5.41, 5.74) is 2.58. The number of rotatable bonds is 2. The Kier molecular flexibility index (Phi) is 2.13. The summed E-state index contributed by atoms with van der Waals surface area (Å²) in [5, 5.41) is 0. The van der Waals surface area contributed by atoms with Crippen LogP contribution in [0.4, 0.5) is 0 Å². The standard InChI is InChI=1S/C11H12N2/c1-10-3-2-8-13(10)9-11-4-6-12-7-5-11/h2-8H,9H2,1H3. The first-order valence-corrected chi connectivity index (χ1v) is 4.37. The fraction of sp³-hybridized carbons (Fsp3) is 0.182. The van der Waals surface area contributed by atoms with Crippen molar-refractivity contribution in [1.29, 1.82) is 0 Å². The molecule has 0 aliphatic carbocycles. The maximum Gasteiger partial charge on any atom is 0.0473 e. The van der Waals surface area contributed by atoms with E-state index in [4.69, 9.17) is 0 Å². The Bertz CT molecular complexity index is 376. The second-order valence-corrected chi connectivity index (χ2v) is 3.13. The minimum atomic E-state index is 0.932. The van der Waals surface area contributed by atoms with Gasteiger partial charge >= 0.3 is 0 Å². The molecule has 66 valence electrons. The zero-order valence-corrected chi connectivity index (χ0v) is 7.64. The molecule has 0 fully saturated rings. The molecule has 0 bridgehead atoms. The van der Waals surface area contributed by atoms with E-state index in [1.54, 1.807) is 0 Å². The first kappa shape index (κ1) is 8.05. The summed E-state index contributed by atoms with van der Waals surface area (Å²) >= 11 is 0. The van der Waals surface area contributed by atoms with Crippen LogP contribution in [-0.2, 0) is 6.54 Å². The zero-order valence-electron chi connectivity index (χ0n) is 7.64. The Hall–Kier alpha value is -1.57. The lowest BCUT2D eigenvalue weighted by Crippen LogP contribution is -1.99. The van der Waals surface area contributed by atoms with E-state index in [0.29, 0.717) is 0 Å². The van der Waals surface area contributed by atoms with Gasteiger partial charge in [-0.1, -0.05) is 0 Å². The largest absolute Gasteiger partial charge is 0.347 e. The van der Waals surface area contributed by atoms with Crippen LogP contribution in [0.3, 0.4) is 0 Å². The molecule has 0 aliphatic rings. The second kappa shape index (κ2) is 3.44. The lowest BCUT2D eigenvalue weighted by Gasteiger charge is -2.05. The van der Waals surface area contributed by atoms with Crippen LogP contribution < -0.4 is 0 Å². The van der Waals surface area contributed by atoms with Gasteiger partial charge < -0.3 is 4.57 Å². The van der Waals surface area contributed by atoms with E-state index in [0.717, 1.165) is 6.54 Å². The average Bonchev–Trinajstić information content (AvgIpc) is 2.54. The van der Waals surface area contributed by atoms with Crippen molar-refractivity contribution in [3.8, 4) is 0 Å². The molecule has 2 heteroatoms. The molecule has 0 N–H and O–H groups in total. The molecule has 0 unspecified atom stereocenters. The molecule has 0 aromatic carbocycles. The molecule has 0 saturated heterocycles. The van der Waals surface area contributed by atoms with Crippen molar-refractivity contribution in [2.24, 2.45) is 0 Å². The van der Waals surface area contributed by atoms with Crippen LogP contribution in [-0.4, -0.2) is 9.55 Å². The van der Waals surface area contributed by atoms with Crippen molar-refractivity contribution in [3.63, 3.8) is 0 Å². The maximum atomic E-state index is 3.99. The fourth-order valence-electron chi connectivity index (χ4n) is 1.36. The molecular formula is C11H12N2. The van der Waals surface area contributed by atoms with Crippen LogP contribution in [0.15, 0.2) is 42.9 Å². The van der Waals surface area contributed by atoms with Crippen molar-refractivity contribution >= 4 is 0 Å². The zero-order chi connectivity index (χ0) is 9.10. The van der Waals surface area contributed by atoms with Crippen LogP contribution in [0, 0.1) is 6.92 Å². The van der Waals surface area contributed by atoms with E-state index in [9.17, 15) is 0 Å². The first-order valence-electron chi connectivity index (χ1n) is 4.37. The number of hydrogen-bond acceptors (Lipinski definition) is 1. The fourth-order valence-corrected chi connectivity index (χ4v) is 1.36. The third-order valence-electron chi connectivity index (χ3n) is 2.16. The minimum absolute atomic E-state index is 0.932. The highest BCUT2D eigenvalue weighted by Crippen LogP contribution is 2.05. The predicted octanol–water partition coefficient (Wildman–Crippen LogP) is 2.24. The van der Waals surface area contributed by atoms with Gasteiger partial charge in [-0.3, -0.25) is 4.98 Å². The van der Waals surface area contributed by atoms with Crippen molar-refractivity contribution in [2.45, 2.75) is 13.5 Å². The Balaban J connectivity index is 2.20. The SMILES string of the molecule is Cc1cccn1Cc1ccncc1. The first-order chi connectivity index (χ1) is 6.36. The highest BCUT2D eigenvalue weighted by Gasteiger charge is 1.95. The average molecular weight is 172 g/mol. The molecule has 2 rings (SSSR count). The van der Waals surface area contributed by atoms with Gasteiger partial charge in [-0.05, 0) is 36.8 Å². The van der Waals surface area contributed by atoms with Gasteiger partial charge in [0.15, 0.2) is 0 Å².